The lowest BCUT2D eigenvalue weighted by atomic mass is 10.0. The molecule has 0 saturated carbocycles. The second kappa shape index (κ2) is 18.9. The quantitative estimate of drug-likeness (QED) is 0.0695. The lowest BCUT2D eigenvalue weighted by Crippen LogP contribution is -2.49. The molecule has 0 bridgehead atoms. The monoisotopic (exact) mass is 677 g/mol. The third-order valence-corrected chi connectivity index (χ3v) is 8.53. The van der Waals surface area contributed by atoms with E-state index in [0.717, 1.165) is 74.3 Å². The number of alkyl carbamates (subject to hydrolysis) is 1. The number of carbonyl (C=O) groups excluding carboxylic acids is 2. The van der Waals surface area contributed by atoms with E-state index in [-0.39, 0.29) is 23.3 Å². The number of aromatic nitrogens is 1. The fraction of sp³-hybridized carbons (Fsp3) is 0.529. The number of phosphoric acid groups is 1. The zero-order chi connectivity index (χ0) is 33.4. The molecular weight excluding hydrogens is 629 g/mol. The fourth-order valence-electron chi connectivity index (χ4n) is 5.00. The number of aromatic amines is 1. The van der Waals surface area contributed by atoms with E-state index >= 15 is 0 Å². The summed E-state index contributed by atoms with van der Waals surface area (Å²) in [5, 5.41) is 7.03. The van der Waals surface area contributed by atoms with Crippen LogP contribution >= 0.6 is 19.4 Å². The van der Waals surface area contributed by atoms with Crippen molar-refractivity contribution in [2.75, 3.05) is 13.2 Å². The van der Waals surface area contributed by atoms with Gasteiger partial charge in [0.1, 0.15) is 17.4 Å². The molecule has 12 heteroatoms. The number of unbranched alkanes of at least 4 members (excludes halogenated alkanes) is 9. The molecule has 0 saturated heterocycles. The van der Waals surface area contributed by atoms with Gasteiger partial charge in [-0.15, -0.1) is 0 Å². The molecule has 254 valence electrons. The minimum absolute atomic E-state index is 0.123. The predicted octanol–water partition coefficient (Wildman–Crippen LogP) is 8.47. The number of hydrogen-bond donors (Lipinski definition) is 4. The SMILES string of the molecule is CC(C)(C)OC(=O)N[C@@H](Cc1c[nH]c2ccccc12)C(=O)NCCCCCCCCCCCCOP(=O)(O)Oc1ccccc1Cl. The van der Waals surface area contributed by atoms with Crippen LogP contribution in [-0.4, -0.2) is 46.7 Å². The van der Waals surface area contributed by atoms with E-state index in [4.69, 9.17) is 25.4 Å². The molecule has 4 N–H and O–H groups in total. The van der Waals surface area contributed by atoms with Crippen molar-refractivity contribution in [2.24, 2.45) is 0 Å². The van der Waals surface area contributed by atoms with Gasteiger partial charge in [-0.1, -0.05) is 93.3 Å². The van der Waals surface area contributed by atoms with Crippen molar-refractivity contribution >= 4 is 42.3 Å². The Morgan fingerprint density at radius 3 is 2.20 bits per heavy atom. The summed E-state index contributed by atoms with van der Waals surface area (Å²) in [7, 11) is -4.20. The van der Waals surface area contributed by atoms with Gasteiger partial charge in [0.15, 0.2) is 0 Å². The summed E-state index contributed by atoms with van der Waals surface area (Å²) in [4.78, 5) is 38.7. The molecule has 0 aliphatic rings. The smallest absolute Gasteiger partial charge is 0.444 e. The molecule has 1 aromatic heterocycles. The number of fused-ring (bicyclic) bond motifs is 1. The first-order chi connectivity index (χ1) is 21.9. The first kappa shape index (κ1) is 37.4. The minimum atomic E-state index is -4.20. The first-order valence-corrected chi connectivity index (χ1v) is 18.0. The van der Waals surface area contributed by atoms with E-state index < -0.39 is 25.6 Å². The van der Waals surface area contributed by atoms with Crippen LogP contribution in [0.1, 0.15) is 90.5 Å². The van der Waals surface area contributed by atoms with Crippen molar-refractivity contribution in [3.63, 3.8) is 0 Å². The molecule has 0 spiro atoms. The summed E-state index contributed by atoms with van der Waals surface area (Å²) in [6, 6.07) is 13.6. The molecule has 2 aromatic carbocycles. The number of amides is 2. The van der Waals surface area contributed by atoms with Crippen LogP contribution in [0.5, 0.6) is 5.75 Å². The molecule has 3 rings (SSSR count). The number of halogens is 1. The van der Waals surface area contributed by atoms with Crippen molar-refractivity contribution in [1.29, 1.82) is 0 Å². The standard InChI is InChI=1S/C34H49ClN3O7P/c1-34(2,3)44-33(40)38-30(24-26-25-37-29-20-14-12-18-27(26)29)32(39)36-22-16-10-8-6-4-5-7-9-11-17-23-43-46(41,42)45-31-21-15-13-19-28(31)35/h12-15,18-21,25,30,37H,4-11,16-17,22-24H2,1-3H3,(H,36,39)(H,38,40)(H,41,42)/t30-/m0/s1. The Morgan fingerprint density at radius 1 is 0.913 bits per heavy atom. The summed E-state index contributed by atoms with van der Waals surface area (Å²) in [5.41, 5.74) is 1.27. The average molecular weight is 678 g/mol. The van der Waals surface area contributed by atoms with E-state index in [1.54, 1.807) is 39.0 Å². The summed E-state index contributed by atoms with van der Waals surface area (Å²) in [6.45, 7) is 6.07. The van der Waals surface area contributed by atoms with Gasteiger partial charge < -0.3 is 24.9 Å². The Bertz CT molecular complexity index is 1420. The van der Waals surface area contributed by atoms with Crippen LogP contribution in [0.2, 0.25) is 5.02 Å². The van der Waals surface area contributed by atoms with E-state index in [9.17, 15) is 19.0 Å². The third kappa shape index (κ3) is 14.2. The van der Waals surface area contributed by atoms with Crippen molar-refractivity contribution in [3.05, 3.63) is 65.3 Å². The normalized spacial score (nSPS) is 13.6. The number of ether oxygens (including phenoxy) is 1. The molecule has 1 unspecified atom stereocenters. The highest BCUT2D eigenvalue weighted by molar-refractivity contribution is 7.47. The lowest BCUT2D eigenvalue weighted by molar-refractivity contribution is -0.123. The highest BCUT2D eigenvalue weighted by Crippen LogP contribution is 2.45. The number of phosphoric ester groups is 1. The highest BCUT2D eigenvalue weighted by atomic mass is 35.5. The number of benzene rings is 2. The summed E-state index contributed by atoms with van der Waals surface area (Å²) in [5.74, 6) is -0.102. The van der Waals surface area contributed by atoms with E-state index in [1.165, 1.54) is 6.07 Å². The molecule has 46 heavy (non-hydrogen) atoms. The molecule has 0 fully saturated rings. The summed E-state index contributed by atoms with van der Waals surface area (Å²) >= 11 is 5.96. The Kier molecular flexibility index (Phi) is 15.4. The Balaban J connectivity index is 1.24. The lowest BCUT2D eigenvalue weighted by Gasteiger charge is -2.23. The van der Waals surface area contributed by atoms with Gasteiger partial charge in [-0.05, 0) is 57.4 Å². The largest absolute Gasteiger partial charge is 0.527 e. The van der Waals surface area contributed by atoms with Crippen LogP contribution in [-0.2, 0) is 25.0 Å². The molecular formula is C34H49ClN3O7P. The number of hydrogen-bond acceptors (Lipinski definition) is 6. The summed E-state index contributed by atoms with van der Waals surface area (Å²) < 4.78 is 27.6. The van der Waals surface area contributed by atoms with Gasteiger partial charge in [-0.2, -0.15) is 0 Å². The Labute approximate surface area is 277 Å². The van der Waals surface area contributed by atoms with Crippen LogP contribution in [0, 0.1) is 0 Å². The van der Waals surface area contributed by atoms with Gasteiger partial charge in [-0.25, -0.2) is 9.36 Å². The number of rotatable bonds is 20. The summed E-state index contributed by atoms with van der Waals surface area (Å²) in [6.07, 6.45) is 11.7. The average Bonchev–Trinajstić information content (AvgIpc) is 3.39. The molecule has 0 aliphatic heterocycles. The molecule has 0 radical (unpaired) electrons. The molecule has 1 heterocycles. The van der Waals surface area contributed by atoms with Crippen LogP contribution in [0.4, 0.5) is 4.79 Å². The number of H-pyrrole nitrogens is 1. The maximum absolute atomic E-state index is 13.1. The van der Waals surface area contributed by atoms with E-state index in [2.05, 4.69) is 15.6 Å². The molecule has 2 amide bonds. The van der Waals surface area contributed by atoms with Gasteiger partial charge in [0, 0.05) is 30.1 Å². The molecule has 0 aliphatic carbocycles. The second-order valence-corrected chi connectivity index (χ2v) is 14.2. The Hall–Kier alpha value is -3.04. The third-order valence-electron chi connectivity index (χ3n) is 7.28. The van der Waals surface area contributed by atoms with Crippen LogP contribution in [0.3, 0.4) is 0 Å². The fourth-order valence-corrected chi connectivity index (χ4v) is 6.05. The zero-order valence-corrected chi connectivity index (χ0v) is 28.8. The number of carbonyl (C=O) groups is 2. The van der Waals surface area contributed by atoms with Gasteiger partial charge in [0.2, 0.25) is 5.91 Å². The maximum Gasteiger partial charge on any atom is 0.527 e. The van der Waals surface area contributed by atoms with Gasteiger partial charge in [-0.3, -0.25) is 14.2 Å². The van der Waals surface area contributed by atoms with Gasteiger partial charge in [0.25, 0.3) is 0 Å². The predicted molar refractivity (Wildman–Crippen MR) is 182 cm³/mol. The Morgan fingerprint density at radius 2 is 1.52 bits per heavy atom. The van der Waals surface area contributed by atoms with E-state index in [1.807, 2.05) is 30.5 Å². The molecule has 3 aromatic rings. The van der Waals surface area contributed by atoms with Crippen LogP contribution in [0.15, 0.2) is 54.7 Å². The maximum atomic E-state index is 13.1. The van der Waals surface area contributed by atoms with Crippen molar-refractivity contribution in [3.8, 4) is 5.75 Å². The topological polar surface area (TPSA) is 139 Å². The molecule has 2 atom stereocenters. The second-order valence-electron chi connectivity index (χ2n) is 12.4. The minimum Gasteiger partial charge on any atom is -0.444 e. The highest BCUT2D eigenvalue weighted by Gasteiger charge is 2.26. The van der Waals surface area contributed by atoms with Crippen LogP contribution < -0.4 is 15.2 Å². The van der Waals surface area contributed by atoms with E-state index in [0.29, 0.717) is 19.4 Å². The first-order valence-electron chi connectivity index (χ1n) is 16.2. The van der Waals surface area contributed by atoms with Crippen molar-refractivity contribution in [2.45, 2.75) is 103 Å². The molecule has 10 nitrogen and oxygen atoms in total. The van der Waals surface area contributed by atoms with Gasteiger partial charge in [0.05, 0.1) is 11.6 Å². The van der Waals surface area contributed by atoms with Gasteiger partial charge >= 0.3 is 13.9 Å². The van der Waals surface area contributed by atoms with Crippen molar-refractivity contribution < 1.29 is 32.8 Å². The number of nitrogens with one attached hydrogen (secondary N) is 3. The zero-order valence-electron chi connectivity index (χ0n) is 27.2. The number of para-hydroxylation sites is 2. The van der Waals surface area contributed by atoms with Crippen LogP contribution in [0.25, 0.3) is 10.9 Å². The van der Waals surface area contributed by atoms with Crippen molar-refractivity contribution in [1.82, 2.24) is 15.6 Å².